The van der Waals surface area contributed by atoms with Crippen molar-refractivity contribution >= 4 is 22.6 Å². The number of hydrogen-bond acceptors (Lipinski definition) is 2. The number of halogens is 1. The fraction of sp³-hybridized carbons (Fsp3) is 0.750. The zero-order valence-corrected chi connectivity index (χ0v) is 6.80. The standard InChI is InChI=1S/C8H9ClO2/c9-8(11)5-2-1-4-3-6(10)7(4)5/h4-5,7H,1-3H2/t4-,5+,7+/m1/s1. The highest BCUT2D eigenvalue weighted by molar-refractivity contribution is 6.64. The summed E-state index contributed by atoms with van der Waals surface area (Å²) in [7, 11) is 0. The van der Waals surface area contributed by atoms with E-state index in [9.17, 15) is 9.59 Å². The molecule has 0 unspecified atom stereocenters. The van der Waals surface area contributed by atoms with E-state index in [0.717, 1.165) is 12.8 Å². The fourth-order valence-electron chi connectivity index (χ4n) is 2.29. The van der Waals surface area contributed by atoms with Crippen LogP contribution in [0.15, 0.2) is 0 Å². The molecule has 11 heavy (non-hydrogen) atoms. The third-order valence-corrected chi connectivity index (χ3v) is 3.20. The first kappa shape index (κ1) is 7.29. The first-order chi connectivity index (χ1) is 5.20. The largest absolute Gasteiger partial charge is 0.299 e. The Morgan fingerprint density at radius 1 is 1.45 bits per heavy atom. The highest BCUT2D eigenvalue weighted by atomic mass is 35.5. The van der Waals surface area contributed by atoms with Crippen molar-refractivity contribution in [2.45, 2.75) is 19.3 Å². The van der Waals surface area contributed by atoms with Gasteiger partial charge in [-0.1, -0.05) is 0 Å². The molecule has 2 aliphatic rings. The maximum Gasteiger partial charge on any atom is 0.225 e. The average Bonchev–Trinajstić information content (AvgIpc) is 2.25. The third-order valence-electron chi connectivity index (χ3n) is 2.92. The van der Waals surface area contributed by atoms with Gasteiger partial charge in [-0.2, -0.15) is 0 Å². The molecule has 0 radical (unpaired) electrons. The Morgan fingerprint density at radius 2 is 2.18 bits per heavy atom. The molecule has 2 saturated carbocycles. The van der Waals surface area contributed by atoms with E-state index >= 15 is 0 Å². The Hall–Kier alpha value is -0.370. The smallest absolute Gasteiger partial charge is 0.225 e. The summed E-state index contributed by atoms with van der Waals surface area (Å²) in [6.45, 7) is 0. The van der Waals surface area contributed by atoms with E-state index in [1.54, 1.807) is 0 Å². The minimum Gasteiger partial charge on any atom is -0.299 e. The molecule has 2 fully saturated rings. The second kappa shape index (κ2) is 2.31. The van der Waals surface area contributed by atoms with Gasteiger partial charge < -0.3 is 0 Å². The van der Waals surface area contributed by atoms with Crippen LogP contribution in [0.4, 0.5) is 0 Å². The first-order valence-corrected chi connectivity index (χ1v) is 4.30. The summed E-state index contributed by atoms with van der Waals surface area (Å²) in [6, 6.07) is 0. The molecule has 2 aliphatic carbocycles. The van der Waals surface area contributed by atoms with Crippen LogP contribution in [0.5, 0.6) is 0 Å². The lowest BCUT2D eigenvalue weighted by Gasteiger charge is -2.30. The summed E-state index contributed by atoms with van der Waals surface area (Å²) >= 11 is 5.35. The Bertz CT molecular complexity index is 216. The Kier molecular flexibility index (Phi) is 1.53. The van der Waals surface area contributed by atoms with E-state index in [-0.39, 0.29) is 22.9 Å². The minimum absolute atomic E-state index is 0.000000000000000222. The molecule has 0 spiro atoms. The Balaban J connectivity index is 2.14. The van der Waals surface area contributed by atoms with Gasteiger partial charge in [0, 0.05) is 18.3 Å². The van der Waals surface area contributed by atoms with Gasteiger partial charge in [-0.05, 0) is 30.4 Å². The van der Waals surface area contributed by atoms with E-state index in [2.05, 4.69) is 0 Å². The van der Waals surface area contributed by atoms with E-state index in [1.165, 1.54) is 0 Å². The van der Waals surface area contributed by atoms with Gasteiger partial charge in [0.1, 0.15) is 5.78 Å². The zero-order chi connectivity index (χ0) is 8.01. The normalized spacial score (nSPS) is 41.5. The van der Waals surface area contributed by atoms with Crippen molar-refractivity contribution in [2.24, 2.45) is 17.8 Å². The molecule has 0 amide bonds. The van der Waals surface area contributed by atoms with Gasteiger partial charge in [-0.3, -0.25) is 9.59 Å². The molecular weight excluding hydrogens is 164 g/mol. The quantitative estimate of drug-likeness (QED) is 0.560. The fourth-order valence-corrected chi connectivity index (χ4v) is 2.53. The SMILES string of the molecule is O=C1C[C@H]2CC[C@H](C(=O)Cl)[C@@H]12. The number of rotatable bonds is 1. The Labute approximate surface area is 69.9 Å². The lowest BCUT2D eigenvalue weighted by Crippen LogP contribution is -2.38. The lowest BCUT2D eigenvalue weighted by molar-refractivity contribution is -0.137. The van der Waals surface area contributed by atoms with Crippen LogP contribution in [0.2, 0.25) is 0 Å². The van der Waals surface area contributed by atoms with Crippen LogP contribution < -0.4 is 0 Å². The van der Waals surface area contributed by atoms with Crippen LogP contribution in [-0.2, 0) is 9.59 Å². The van der Waals surface area contributed by atoms with E-state index in [0.29, 0.717) is 12.3 Å². The molecule has 0 heterocycles. The molecule has 2 nitrogen and oxygen atoms in total. The van der Waals surface area contributed by atoms with Crippen molar-refractivity contribution < 1.29 is 9.59 Å². The van der Waals surface area contributed by atoms with Crippen LogP contribution in [0.1, 0.15) is 19.3 Å². The third kappa shape index (κ3) is 0.924. The van der Waals surface area contributed by atoms with E-state index in [1.807, 2.05) is 0 Å². The maximum absolute atomic E-state index is 11.0. The van der Waals surface area contributed by atoms with E-state index in [4.69, 9.17) is 11.6 Å². The van der Waals surface area contributed by atoms with Crippen LogP contribution in [0.25, 0.3) is 0 Å². The second-order valence-corrected chi connectivity index (χ2v) is 3.82. The van der Waals surface area contributed by atoms with Crippen LogP contribution in [0, 0.1) is 17.8 Å². The predicted molar refractivity (Wildman–Crippen MR) is 40.2 cm³/mol. The number of Topliss-reactive ketones (excluding diaryl/α,β-unsaturated/α-hetero) is 1. The van der Waals surface area contributed by atoms with Crippen LogP contribution in [0.3, 0.4) is 0 Å². The number of ketones is 1. The zero-order valence-electron chi connectivity index (χ0n) is 6.05. The van der Waals surface area contributed by atoms with Crippen molar-refractivity contribution in [3.8, 4) is 0 Å². The summed E-state index contributed by atoms with van der Waals surface area (Å²) in [4.78, 5) is 21.8. The van der Waals surface area contributed by atoms with Gasteiger partial charge in [-0.15, -0.1) is 0 Å². The molecule has 0 aromatic rings. The minimum atomic E-state index is -0.314. The first-order valence-electron chi connectivity index (χ1n) is 3.92. The van der Waals surface area contributed by atoms with Crippen molar-refractivity contribution in [2.75, 3.05) is 0 Å². The van der Waals surface area contributed by atoms with Crippen molar-refractivity contribution in [1.82, 2.24) is 0 Å². The highest BCUT2D eigenvalue weighted by Gasteiger charge is 2.50. The summed E-state index contributed by atoms with van der Waals surface area (Å²) in [6.07, 6.45) is 2.52. The predicted octanol–water partition coefficient (Wildman–Crippen LogP) is 1.37. The number of hydrogen-bond donors (Lipinski definition) is 0. The van der Waals surface area contributed by atoms with Crippen molar-refractivity contribution in [3.63, 3.8) is 0 Å². The molecule has 0 aliphatic heterocycles. The van der Waals surface area contributed by atoms with Gasteiger partial charge in [0.15, 0.2) is 0 Å². The molecule has 3 atom stereocenters. The molecule has 0 aromatic carbocycles. The maximum atomic E-state index is 11.0. The van der Waals surface area contributed by atoms with Gasteiger partial charge in [0.25, 0.3) is 0 Å². The van der Waals surface area contributed by atoms with Gasteiger partial charge >= 0.3 is 0 Å². The summed E-state index contributed by atoms with van der Waals surface area (Å²) in [5, 5.41) is -0.314. The molecule has 0 bridgehead atoms. The number of fused-ring (bicyclic) bond motifs is 1. The summed E-state index contributed by atoms with van der Waals surface area (Å²) in [5.41, 5.74) is 0. The Morgan fingerprint density at radius 3 is 2.64 bits per heavy atom. The second-order valence-electron chi connectivity index (χ2n) is 3.44. The number of carbonyl (C=O) groups excluding carboxylic acids is 2. The molecule has 60 valence electrons. The lowest BCUT2D eigenvalue weighted by atomic mass is 9.72. The van der Waals surface area contributed by atoms with Crippen LogP contribution >= 0.6 is 11.6 Å². The monoisotopic (exact) mass is 172 g/mol. The molecule has 2 rings (SSSR count). The highest BCUT2D eigenvalue weighted by Crippen LogP contribution is 2.48. The van der Waals surface area contributed by atoms with Crippen molar-refractivity contribution in [3.05, 3.63) is 0 Å². The number of carbonyl (C=O) groups is 2. The topological polar surface area (TPSA) is 34.1 Å². The summed E-state index contributed by atoms with van der Waals surface area (Å²) in [5.74, 6) is 0.574. The van der Waals surface area contributed by atoms with Gasteiger partial charge in [0.2, 0.25) is 5.24 Å². The summed E-state index contributed by atoms with van der Waals surface area (Å²) < 4.78 is 0. The van der Waals surface area contributed by atoms with Crippen LogP contribution in [-0.4, -0.2) is 11.0 Å². The molecule has 0 aromatic heterocycles. The van der Waals surface area contributed by atoms with Crippen molar-refractivity contribution in [1.29, 1.82) is 0 Å². The average molecular weight is 173 g/mol. The molecule has 0 saturated heterocycles. The molecule has 0 N–H and O–H groups in total. The van der Waals surface area contributed by atoms with Gasteiger partial charge in [-0.25, -0.2) is 0 Å². The molecule has 3 heteroatoms. The van der Waals surface area contributed by atoms with E-state index < -0.39 is 0 Å². The molecular formula is C8H9ClO2. The van der Waals surface area contributed by atoms with Gasteiger partial charge in [0.05, 0.1) is 0 Å².